The lowest BCUT2D eigenvalue weighted by Gasteiger charge is -2.02. The van der Waals surface area contributed by atoms with Crippen molar-refractivity contribution in [3.8, 4) is 0 Å². The van der Waals surface area contributed by atoms with E-state index in [0.29, 0.717) is 15.6 Å². The number of sulfone groups is 1. The fourth-order valence-electron chi connectivity index (χ4n) is 1.48. The van der Waals surface area contributed by atoms with Crippen molar-refractivity contribution in [2.24, 2.45) is 0 Å². The molecule has 2 aromatic rings. The molecule has 1 aromatic heterocycles. The minimum atomic E-state index is -3.18. The fraction of sp³-hybridized carbons (Fsp3) is 0.222. The first-order chi connectivity index (χ1) is 6.88. The lowest BCUT2D eigenvalue weighted by Crippen LogP contribution is -1.99. The maximum absolute atomic E-state index is 11.5. The van der Waals surface area contributed by atoms with Crippen molar-refractivity contribution in [3.05, 3.63) is 17.7 Å². The van der Waals surface area contributed by atoms with Crippen LogP contribution in [-0.4, -0.2) is 19.7 Å². The summed E-state index contributed by atoms with van der Waals surface area (Å²) in [5.41, 5.74) is 7.01. The van der Waals surface area contributed by atoms with E-state index < -0.39 is 9.84 Å². The molecule has 80 valence electrons. The molecule has 0 atom stereocenters. The summed E-state index contributed by atoms with van der Waals surface area (Å²) >= 11 is 1.29. The number of aryl methyl sites for hydroxylation is 1. The zero-order valence-corrected chi connectivity index (χ0v) is 9.95. The van der Waals surface area contributed by atoms with Gasteiger partial charge in [0.15, 0.2) is 15.0 Å². The highest BCUT2D eigenvalue weighted by Gasteiger charge is 2.13. The van der Waals surface area contributed by atoms with Crippen molar-refractivity contribution in [3.63, 3.8) is 0 Å². The van der Waals surface area contributed by atoms with Crippen molar-refractivity contribution in [2.45, 2.75) is 11.8 Å². The van der Waals surface area contributed by atoms with Crippen LogP contribution in [0.2, 0.25) is 0 Å². The van der Waals surface area contributed by atoms with Gasteiger partial charge in [0, 0.05) is 6.26 Å². The van der Waals surface area contributed by atoms with E-state index in [0.717, 1.165) is 10.2 Å². The lowest BCUT2D eigenvalue weighted by atomic mass is 10.2. The minimum Gasteiger partial charge on any atom is -0.375 e. The van der Waals surface area contributed by atoms with Crippen LogP contribution in [0.25, 0.3) is 10.2 Å². The van der Waals surface area contributed by atoms with Crippen LogP contribution in [0.1, 0.15) is 5.56 Å². The number of nitrogens with zero attached hydrogens (tertiary/aromatic N) is 1. The van der Waals surface area contributed by atoms with Gasteiger partial charge in [-0.25, -0.2) is 13.4 Å². The number of nitrogens with two attached hydrogens (primary N) is 1. The third-order valence-corrected chi connectivity index (χ3v) is 4.19. The molecule has 0 radical (unpaired) electrons. The third kappa shape index (κ3) is 1.82. The van der Waals surface area contributed by atoms with Crippen LogP contribution in [0.3, 0.4) is 0 Å². The second-order valence-electron chi connectivity index (χ2n) is 3.41. The maximum atomic E-state index is 11.5. The van der Waals surface area contributed by atoms with Gasteiger partial charge >= 0.3 is 0 Å². The van der Waals surface area contributed by atoms with Gasteiger partial charge < -0.3 is 5.73 Å². The Labute approximate surface area is 91.7 Å². The Morgan fingerprint density at radius 2 is 2.07 bits per heavy atom. The molecule has 0 spiro atoms. The topological polar surface area (TPSA) is 73.0 Å². The predicted octanol–water partition coefficient (Wildman–Crippen LogP) is 1.59. The van der Waals surface area contributed by atoms with E-state index in [1.165, 1.54) is 17.6 Å². The number of fused-ring (bicyclic) bond motifs is 1. The highest BCUT2D eigenvalue weighted by molar-refractivity contribution is 7.90. The molecule has 0 fully saturated rings. The van der Waals surface area contributed by atoms with Crippen molar-refractivity contribution in [2.75, 3.05) is 12.0 Å². The van der Waals surface area contributed by atoms with Gasteiger partial charge in [-0.2, -0.15) is 0 Å². The van der Waals surface area contributed by atoms with Gasteiger partial charge in [0.05, 0.1) is 15.1 Å². The fourth-order valence-corrected chi connectivity index (χ4v) is 3.28. The Kier molecular flexibility index (Phi) is 2.20. The number of rotatable bonds is 1. The second kappa shape index (κ2) is 3.18. The molecule has 1 heterocycles. The average molecular weight is 242 g/mol. The van der Waals surface area contributed by atoms with Gasteiger partial charge in [0.25, 0.3) is 0 Å². The molecule has 2 N–H and O–H groups in total. The quantitative estimate of drug-likeness (QED) is 0.824. The summed E-state index contributed by atoms with van der Waals surface area (Å²) in [7, 11) is -3.18. The molecule has 0 saturated carbocycles. The molecular formula is C9H10N2O2S2. The first-order valence-electron chi connectivity index (χ1n) is 4.24. The van der Waals surface area contributed by atoms with Crippen molar-refractivity contribution in [1.29, 1.82) is 0 Å². The van der Waals surface area contributed by atoms with Crippen LogP contribution in [0.5, 0.6) is 0 Å². The average Bonchev–Trinajstić information content (AvgIpc) is 2.40. The molecule has 0 saturated heterocycles. The Morgan fingerprint density at radius 3 is 2.67 bits per heavy atom. The minimum absolute atomic E-state index is 0.346. The maximum Gasteiger partial charge on any atom is 0.181 e. The van der Waals surface area contributed by atoms with Crippen LogP contribution < -0.4 is 5.73 Å². The van der Waals surface area contributed by atoms with E-state index in [9.17, 15) is 8.42 Å². The molecule has 0 unspecified atom stereocenters. The van der Waals surface area contributed by atoms with Crippen LogP contribution in [0, 0.1) is 6.92 Å². The smallest absolute Gasteiger partial charge is 0.181 e. The largest absolute Gasteiger partial charge is 0.375 e. The third-order valence-electron chi connectivity index (χ3n) is 2.10. The van der Waals surface area contributed by atoms with Crippen LogP contribution >= 0.6 is 11.3 Å². The van der Waals surface area contributed by atoms with E-state index >= 15 is 0 Å². The number of hydrogen-bond acceptors (Lipinski definition) is 5. The monoisotopic (exact) mass is 242 g/mol. The molecule has 0 bridgehead atoms. The highest BCUT2D eigenvalue weighted by atomic mass is 32.2. The summed E-state index contributed by atoms with van der Waals surface area (Å²) in [6.45, 7) is 1.76. The van der Waals surface area contributed by atoms with E-state index in [-0.39, 0.29) is 0 Å². The van der Waals surface area contributed by atoms with Gasteiger partial charge in [0.2, 0.25) is 0 Å². The molecule has 4 nitrogen and oxygen atoms in total. The zero-order valence-electron chi connectivity index (χ0n) is 8.31. The lowest BCUT2D eigenvalue weighted by molar-refractivity contribution is 0.601. The van der Waals surface area contributed by atoms with Gasteiger partial charge in [-0.3, -0.25) is 0 Å². The van der Waals surface area contributed by atoms with Crippen molar-refractivity contribution in [1.82, 2.24) is 4.98 Å². The van der Waals surface area contributed by atoms with Crippen LogP contribution in [-0.2, 0) is 9.84 Å². The molecule has 2 rings (SSSR count). The number of anilines is 1. The number of nitrogen functional groups attached to an aromatic ring is 1. The van der Waals surface area contributed by atoms with Gasteiger partial charge in [-0.1, -0.05) is 11.3 Å². The van der Waals surface area contributed by atoms with Crippen molar-refractivity contribution >= 4 is 36.5 Å². The Morgan fingerprint density at radius 1 is 1.40 bits per heavy atom. The number of hydrogen-bond donors (Lipinski definition) is 1. The van der Waals surface area contributed by atoms with Gasteiger partial charge in [-0.05, 0) is 24.6 Å². The molecule has 1 aromatic carbocycles. The highest BCUT2D eigenvalue weighted by Crippen LogP contribution is 2.28. The number of thiazole rings is 1. The molecule has 0 aliphatic rings. The van der Waals surface area contributed by atoms with Gasteiger partial charge in [0.1, 0.15) is 0 Å². The number of benzene rings is 1. The molecular weight excluding hydrogens is 232 g/mol. The Balaban J connectivity index is 2.83. The molecule has 6 heteroatoms. The van der Waals surface area contributed by atoms with Crippen LogP contribution in [0.15, 0.2) is 17.0 Å². The summed E-state index contributed by atoms with van der Waals surface area (Å²) in [4.78, 5) is 4.44. The molecule has 0 aliphatic carbocycles. The number of aromatic nitrogens is 1. The first kappa shape index (κ1) is 10.4. The SMILES string of the molecule is Cc1cc2nc(N)sc2cc1S(C)(=O)=O. The van der Waals surface area contributed by atoms with Crippen molar-refractivity contribution < 1.29 is 8.42 Å². The van der Waals surface area contributed by atoms with E-state index in [1.807, 2.05) is 0 Å². The van der Waals surface area contributed by atoms with Crippen LogP contribution in [0.4, 0.5) is 5.13 Å². The predicted molar refractivity (Wildman–Crippen MR) is 61.9 cm³/mol. The summed E-state index contributed by atoms with van der Waals surface area (Å²) in [5.74, 6) is 0. The molecule has 15 heavy (non-hydrogen) atoms. The summed E-state index contributed by atoms with van der Waals surface area (Å²) in [6, 6.07) is 3.38. The van der Waals surface area contributed by atoms with E-state index in [1.54, 1.807) is 19.1 Å². The summed E-state index contributed by atoms with van der Waals surface area (Å²) in [6.07, 6.45) is 1.20. The molecule has 0 amide bonds. The summed E-state index contributed by atoms with van der Waals surface area (Å²) in [5, 5.41) is 0.454. The standard InChI is InChI=1S/C9H10N2O2S2/c1-5-3-6-7(14-9(10)11-6)4-8(5)15(2,12)13/h3-4H,1-2H3,(H2,10,11). The Bertz CT molecular complexity index is 629. The van der Waals surface area contributed by atoms with E-state index in [2.05, 4.69) is 4.98 Å². The molecule has 0 aliphatic heterocycles. The summed E-state index contributed by atoms with van der Waals surface area (Å²) < 4.78 is 23.7. The van der Waals surface area contributed by atoms with Gasteiger partial charge in [-0.15, -0.1) is 0 Å². The Hall–Kier alpha value is -1.14. The first-order valence-corrected chi connectivity index (χ1v) is 6.95. The zero-order chi connectivity index (χ0) is 11.2. The van der Waals surface area contributed by atoms with E-state index in [4.69, 9.17) is 5.73 Å². The second-order valence-corrected chi connectivity index (χ2v) is 6.46. The normalized spacial score (nSPS) is 12.1.